The number of hydrogen-bond donors (Lipinski definition) is 4. The van der Waals surface area contributed by atoms with Crippen molar-refractivity contribution in [3.8, 4) is 0 Å². The first-order chi connectivity index (χ1) is 30.1. The van der Waals surface area contributed by atoms with E-state index in [1.807, 2.05) is 12.1 Å². The number of aliphatic imine (C=N–C) groups is 1. The van der Waals surface area contributed by atoms with E-state index < -0.39 is 17.6 Å². The Balaban J connectivity index is 1.38. The summed E-state index contributed by atoms with van der Waals surface area (Å²) in [7, 11) is 0. The number of aliphatic hydroxyl groups is 1. The number of ether oxygens (including phenoxy) is 2. The van der Waals surface area contributed by atoms with Gasteiger partial charge >= 0.3 is 0 Å². The molecule has 62 heavy (non-hydrogen) atoms. The van der Waals surface area contributed by atoms with Crippen LogP contribution in [0, 0.1) is 11.8 Å². The number of anilines is 2. The zero-order valence-corrected chi connectivity index (χ0v) is 37.3. The molecule has 14 nitrogen and oxygen atoms in total. The molecule has 0 radical (unpaired) electrons. The summed E-state index contributed by atoms with van der Waals surface area (Å²) in [6.45, 7) is 14.4. The Labute approximate surface area is 367 Å². The number of nitrogens with zero attached hydrogens (tertiary/aromatic N) is 3. The lowest BCUT2D eigenvalue weighted by atomic mass is 9.78. The van der Waals surface area contributed by atoms with Crippen LogP contribution in [0.5, 0.6) is 0 Å². The van der Waals surface area contributed by atoms with Crippen molar-refractivity contribution >= 4 is 52.1 Å². The predicted octanol–water partition coefficient (Wildman–Crippen LogP) is 6.59. The molecule has 2 saturated heterocycles. The molecule has 1 aromatic carbocycles. The highest BCUT2D eigenvalue weighted by Crippen LogP contribution is 2.43. The first-order valence-electron chi connectivity index (χ1n) is 22.9. The molecular weight excluding hydrogens is 789 g/mol. The van der Waals surface area contributed by atoms with Gasteiger partial charge in [-0.3, -0.25) is 24.0 Å². The number of aliphatic hydroxyl groups excluding tert-OH is 1. The van der Waals surface area contributed by atoms with E-state index in [0.717, 1.165) is 62.8 Å². The second-order valence-corrected chi connectivity index (χ2v) is 16.6. The van der Waals surface area contributed by atoms with Crippen LogP contribution in [0.25, 0.3) is 5.57 Å². The molecule has 4 aliphatic rings. The van der Waals surface area contributed by atoms with Gasteiger partial charge in [-0.25, -0.2) is 4.99 Å². The van der Waals surface area contributed by atoms with E-state index in [-0.39, 0.29) is 65.7 Å². The lowest BCUT2D eigenvalue weighted by molar-refractivity contribution is -0.125. The van der Waals surface area contributed by atoms with E-state index in [2.05, 4.69) is 58.4 Å². The number of carbonyl (C=O) groups excluding carboxylic acids is 5. The maximum atomic E-state index is 14.2. The molecule has 0 bridgehead atoms. The number of allylic oxidation sites excluding steroid dienone is 6. The molecule has 4 N–H and O–H groups in total. The normalized spacial score (nSPS) is 19.5. The molecular formula is C48H68N6O8. The van der Waals surface area contributed by atoms with E-state index in [1.54, 1.807) is 24.3 Å². The lowest BCUT2D eigenvalue weighted by Gasteiger charge is -2.32. The van der Waals surface area contributed by atoms with Crippen LogP contribution in [-0.2, 0) is 33.4 Å². The van der Waals surface area contributed by atoms with Crippen LogP contribution >= 0.6 is 0 Å². The van der Waals surface area contributed by atoms with Crippen molar-refractivity contribution in [2.24, 2.45) is 16.8 Å². The van der Waals surface area contributed by atoms with Gasteiger partial charge in [0, 0.05) is 87.5 Å². The smallest absolute Gasteiger partial charge is 0.246 e. The van der Waals surface area contributed by atoms with E-state index in [1.165, 1.54) is 0 Å². The highest BCUT2D eigenvalue weighted by molar-refractivity contribution is 6.42. The number of ketones is 1. The number of benzene rings is 1. The average Bonchev–Trinajstić information content (AvgIpc) is 3.29. The zero-order valence-electron chi connectivity index (χ0n) is 37.3. The summed E-state index contributed by atoms with van der Waals surface area (Å²) >= 11 is 0. The van der Waals surface area contributed by atoms with Crippen molar-refractivity contribution in [1.29, 1.82) is 0 Å². The van der Waals surface area contributed by atoms with Gasteiger partial charge < -0.3 is 40.3 Å². The van der Waals surface area contributed by atoms with Gasteiger partial charge in [-0.1, -0.05) is 66.2 Å². The maximum absolute atomic E-state index is 14.2. The Morgan fingerprint density at radius 3 is 1.87 bits per heavy atom. The van der Waals surface area contributed by atoms with Gasteiger partial charge in [0.15, 0.2) is 0 Å². The predicted molar refractivity (Wildman–Crippen MR) is 243 cm³/mol. The average molecular weight is 857 g/mol. The molecule has 5 rings (SSSR count). The van der Waals surface area contributed by atoms with Gasteiger partial charge in [0.05, 0.1) is 49.0 Å². The summed E-state index contributed by atoms with van der Waals surface area (Å²) in [6, 6.07) is 5.34. The lowest BCUT2D eigenvalue weighted by Crippen LogP contribution is -2.36. The summed E-state index contributed by atoms with van der Waals surface area (Å²) in [4.78, 5) is 75.1. The third-order valence-electron chi connectivity index (χ3n) is 12.1. The van der Waals surface area contributed by atoms with E-state index in [0.29, 0.717) is 88.8 Å². The Kier molecular flexibility index (Phi) is 19.0. The van der Waals surface area contributed by atoms with Crippen molar-refractivity contribution in [3.05, 3.63) is 64.6 Å². The van der Waals surface area contributed by atoms with E-state index >= 15 is 0 Å². The zero-order chi connectivity index (χ0) is 44.4. The number of Topliss-reactive ketones (excluding diaryl/α,β-unsaturated/α-hetero) is 1. The largest absolute Gasteiger partial charge is 0.506 e. The Hall–Kier alpha value is -5.08. The minimum Gasteiger partial charge on any atom is -0.506 e. The highest BCUT2D eigenvalue weighted by atomic mass is 16.5. The number of morpholine rings is 2. The molecule has 1 aromatic rings. The van der Waals surface area contributed by atoms with Crippen LogP contribution in [0.4, 0.5) is 11.4 Å². The third kappa shape index (κ3) is 13.5. The molecule has 2 atom stereocenters. The minimum absolute atomic E-state index is 0.00558. The fourth-order valence-corrected chi connectivity index (χ4v) is 8.05. The highest BCUT2D eigenvalue weighted by Gasteiger charge is 2.39. The molecule has 0 aromatic heterocycles. The summed E-state index contributed by atoms with van der Waals surface area (Å²) in [6.07, 6.45) is 13.5. The van der Waals surface area contributed by atoms with Crippen LogP contribution in [0.1, 0.15) is 110 Å². The first-order valence-corrected chi connectivity index (χ1v) is 22.9. The summed E-state index contributed by atoms with van der Waals surface area (Å²) in [5.41, 5.74) is 2.79. The summed E-state index contributed by atoms with van der Waals surface area (Å²) in [5, 5.41) is 20.6. The van der Waals surface area contributed by atoms with Crippen LogP contribution in [0.2, 0.25) is 0 Å². The van der Waals surface area contributed by atoms with Crippen molar-refractivity contribution in [3.63, 3.8) is 0 Å². The first kappa shape index (κ1) is 48.0. The van der Waals surface area contributed by atoms with Crippen LogP contribution in [0.3, 0.4) is 0 Å². The molecule has 0 saturated carbocycles. The molecule has 2 unspecified atom stereocenters. The van der Waals surface area contributed by atoms with Crippen LogP contribution in [0.15, 0.2) is 64.0 Å². The molecule has 2 heterocycles. The minimum atomic E-state index is -0.520. The molecule has 14 heteroatoms. The van der Waals surface area contributed by atoms with Crippen molar-refractivity contribution in [2.45, 2.75) is 105 Å². The fourth-order valence-electron chi connectivity index (χ4n) is 8.05. The second kappa shape index (κ2) is 24.5. The summed E-state index contributed by atoms with van der Waals surface area (Å²) < 4.78 is 11.1. The maximum Gasteiger partial charge on any atom is 0.246 e. The number of rotatable bonds is 22. The number of hydrogen-bond acceptors (Lipinski definition) is 10. The van der Waals surface area contributed by atoms with Gasteiger partial charge in [0.2, 0.25) is 29.4 Å². The van der Waals surface area contributed by atoms with Crippen LogP contribution in [-0.4, -0.2) is 111 Å². The van der Waals surface area contributed by atoms with Crippen molar-refractivity contribution in [2.75, 3.05) is 75.9 Å². The molecule has 338 valence electrons. The van der Waals surface area contributed by atoms with Gasteiger partial charge in [-0.15, -0.1) is 0 Å². The molecule has 0 spiro atoms. The molecule has 2 fully saturated rings. The van der Waals surface area contributed by atoms with Gasteiger partial charge in [-0.2, -0.15) is 0 Å². The number of unbranched alkanes of at least 4 members (excludes halogenated alkanes) is 2. The quantitative estimate of drug-likeness (QED) is 0.0931. The van der Waals surface area contributed by atoms with Gasteiger partial charge in [0.25, 0.3) is 0 Å². The van der Waals surface area contributed by atoms with Gasteiger partial charge in [0.1, 0.15) is 5.76 Å². The Morgan fingerprint density at radius 2 is 1.31 bits per heavy atom. The topological polar surface area (TPSA) is 179 Å². The van der Waals surface area contributed by atoms with E-state index in [4.69, 9.17) is 9.47 Å². The standard InChI is InChI=1S/C48H68N6O8/c1-5-9-11-33(7-3)31-49-41(55)17-19-43(57)51-39-29-35(53-21-25-61-26-22-53)13-15-37(39)45-47(59)46(48(45)60)38-16-14-36(54-23-27-62-28-24-54)30-40(38)52-44(58)20-18-42(56)50-32-34(8-4)12-10-6-2/h13-16,29-30,33-34,59H,5-12,17-28,31-32H2,1-4H3,(H,49,55)(H,50,56)(H,51,57). The second-order valence-electron chi connectivity index (χ2n) is 16.6. The number of carbonyl (C=O) groups is 5. The summed E-state index contributed by atoms with van der Waals surface area (Å²) in [5.74, 6) is -1.30. The van der Waals surface area contributed by atoms with Crippen molar-refractivity contribution < 1.29 is 38.6 Å². The van der Waals surface area contributed by atoms with Crippen LogP contribution < -0.4 is 20.9 Å². The van der Waals surface area contributed by atoms with Gasteiger partial charge in [-0.05, 0) is 61.1 Å². The Morgan fingerprint density at radius 1 is 0.742 bits per heavy atom. The molecule has 4 amide bonds. The monoisotopic (exact) mass is 857 g/mol. The molecule has 2 aliphatic heterocycles. The van der Waals surface area contributed by atoms with Crippen molar-refractivity contribution in [1.82, 2.24) is 15.5 Å². The number of nitrogens with one attached hydrogen (secondary N) is 3. The molecule has 2 aliphatic carbocycles. The third-order valence-corrected chi connectivity index (χ3v) is 12.1. The van der Waals surface area contributed by atoms with E-state index in [9.17, 15) is 29.1 Å². The number of amides is 4. The SMILES string of the molecule is CCCCC(CC)CNC(=O)CCC(=O)N=C1C=C(N2CCOCC2)C=CC1=C1C(=O)C(c2ccc(N3CCOCC3)cc2NC(=O)CCC(=O)NCC(CC)CCCC)=C1O. The Bertz CT molecular complexity index is 1920. The fraction of sp³-hybridized carbons (Fsp3) is 0.583.